The minimum Gasteiger partial charge on any atom is -0.367 e. The number of benzene rings is 1. The highest BCUT2D eigenvalue weighted by Crippen LogP contribution is 2.23. The molecule has 0 saturated heterocycles. The number of halogens is 1. The second kappa shape index (κ2) is 6.84. The summed E-state index contributed by atoms with van der Waals surface area (Å²) in [5, 5.41) is 5.17. The molecule has 118 valence electrons. The Morgan fingerprint density at radius 3 is 3.00 bits per heavy atom. The van der Waals surface area contributed by atoms with E-state index in [9.17, 15) is 0 Å². The fourth-order valence-corrected chi connectivity index (χ4v) is 2.97. The van der Waals surface area contributed by atoms with Gasteiger partial charge in [-0.1, -0.05) is 35.9 Å². The molecule has 0 saturated carbocycles. The van der Waals surface area contributed by atoms with Gasteiger partial charge in [0.1, 0.15) is 17.3 Å². The number of anilines is 1. The van der Waals surface area contributed by atoms with Gasteiger partial charge in [0.2, 0.25) is 0 Å². The normalized spacial score (nSPS) is 12.3. The zero-order chi connectivity index (χ0) is 16.2. The van der Waals surface area contributed by atoms with Gasteiger partial charge in [0.15, 0.2) is 0 Å². The second-order valence-electron chi connectivity index (χ2n) is 5.59. The third-order valence-electron chi connectivity index (χ3n) is 3.83. The smallest absolute Gasteiger partial charge is 0.138 e. The van der Waals surface area contributed by atoms with E-state index in [1.54, 1.807) is 6.08 Å². The maximum absolute atomic E-state index is 6.17. The lowest BCUT2D eigenvalue weighted by Gasteiger charge is -2.17. The first-order valence-electron chi connectivity index (χ1n) is 7.61. The van der Waals surface area contributed by atoms with Crippen LogP contribution in [0.1, 0.15) is 18.1 Å². The van der Waals surface area contributed by atoms with Crippen LogP contribution in [0.2, 0.25) is 5.15 Å². The highest BCUT2D eigenvalue weighted by molar-refractivity contribution is 6.30. The Labute approximate surface area is 140 Å². The Balaban J connectivity index is 1.78. The van der Waals surface area contributed by atoms with E-state index < -0.39 is 0 Å². The van der Waals surface area contributed by atoms with E-state index in [1.165, 1.54) is 17.3 Å². The van der Waals surface area contributed by atoms with Crippen molar-refractivity contribution in [3.05, 3.63) is 65.7 Å². The van der Waals surface area contributed by atoms with Gasteiger partial charge in [-0.25, -0.2) is 9.97 Å². The Morgan fingerprint density at radius 2 is 2.17 bits per heavy atom. The molecule has 0 spiro atoms. The number of fused-ring (bicyclic) bond motifs is 1. The molecule has 3 rings (SSSR count). The lowest BCUT2D eigenvalue weighted by atomic mass is 10.1. The molecule has 3 aromatic rings. The molecule has 23 heavy (non-hydrogen) atoms. The van der Waals surface area contributed by atoms with Crippen LogP contribution < -0.4 is 5.32 Å². The Hall–Kier alpha value is -2.33. The largest absolute Gasteiger partial charge is 0.367 e. The zero-order valence-electron chi connectivity index (χ0n) is 13.0. The quantitative estimate of drug-likeness (QED) is 0.522. The van der Waals surface area contributed by atoms with Crippen LogP contribution in [0.3, 0.4) is 0 Å². The molecule has 5 heteroatoms. The lowest BCUT2D eigenvalue weighted by molar-refractivity contribution is 0.784. The first-order chi connectivity index (χ1) is 11.2. The van der Waals surface area contributed by atoms with E-state index in [0.717, 1.165) is 23.3 Å². The summed E-state index contributed by atoms with van der Waals surface area (Å²) in [6, 6.07) is 8.53. The van der Waals surface area contributed by atoms with Crippen LogP contribution in [0.25, 0.3) is 10.9 Å². The number of rotatable bonds is 6. The van der Waals surface area contributed by atoms with Gasteiger partial charge in [-0.3, -0.25) is 0 Å². The number of nitrogens with zero attached hydrogens (tertiary/aromatic N) is 2. The van der Waals surface area contributed by atoms with Crippen molar-refractivity contribution in [2.75, 3.05) is 5.32 Å². The molecule has 2 aromatic heterocycles. The average Bonchev–Trinajstić information content (AvgIpc) is 2.94. The molecule has 0 fully saturated rings. The van der Waals surface area contributed by atoms with E-state index in [-0.39, 0.29) is 6.04 Å². The molecule has 2 heterocycles. The van der Waals surface area contributed by atoms with Gasteiger partial charge in [-0.2, -0.15) is 0 Å². The van der Waals surface area contributed by atoms with E-state index >= 15 is 0 Å². The summed E-state index contributed by atoms with van der Waals surface area (Å²) >= 11 is 6.17. The summed E-state index contributed by atoms with van der Waals surface area (Å²) in [7, 11) is 0. The third-order valence-corrected chi connectivity index (χ3v) is 4.15. The number of allylic oxidation sites excluding steroid dienone is 1. The first kappa shape index (κ1) is 15.6. The predicted molar refractivity (Wildman–Crippen MR) is 96.0 cm³/mol. The van der Waals surface area contributed by atoms with E-state index in [0.29, 0.717) is 11.6 Å². The van der Waals surface area contributed by atoms with E-state index in [1.807, 2.05) is 6.07 Å². The van der Waals surface area contributed by atoms with Crippen molar-refractivity contribution in [3.8, 4) is 0 Å². The van der Waals surface area contributed by atoms with Crippen molar-refractivity contribution in [2.24, 2.45) is 0 Å². The zero-order valence-corrected chi connectivity index (χ0v) is 13.8. The van der Waals surface area contributed by atoms with Crippen molar-refractivity contribution in [1.82, 2.24) is 15.0 Å². The van der Waals surface area contributed by atoms with Crippen LogP contribution in [-0.2, 0) is 12.8 Å². The van der Waals surface area contributed by atoms with Crippen LogP contribution in [-0.4, -0.2) is 21.0 Å². The van der Waals surface area contributed by atoms with E-state index in [2.05, 4.69) is 58.2 Å². The molecule has 0 aliphatic carbocycles. The number of hydrogen-bond donors (Lipinski definition) is 2. The van der Waals surface area contributed by atoms with Gasteiger partial charge in [-0.05, 0) is 31.4 Å². The van der Waals surface area contributed by atoms with Gasteiger partial charge in [0.25, 0.3) is 0 Å². The van der Waals surface area contributed by atoms with Gasteiger partial charge in [0.05, 0.1) is 0 Å². The minimum atomic E-state index is 0.212. The molecule has 0 aliphatic rings. The standard InChI is InChI=1S/C18H19ClN4/c1-3-6-15-17(19)21-11-22-18(15)23-12(2)9-13-10-20-16-8-5-4-7-14(13)16/h3-5,7-8,10-12,20H,1,6,9H2,2H3,(H,21,22,23). The SMILES string of the molecule is C=CCc1c(Cl)ncnc1NC(C)Cc1c[nH]c2ccccc12. The summed E-state index contributed by atoms with van der Waals surface area (Å²) in [6.45, 7) is 5.90. The monoisotopic (exact) mass is 326 g/mol. The highest BCUT2D eigenvalue weighted by atomic mass is 35.5. The average molecular weight is 327 g/mol. The Bertz CT molecular complexity index is 825. The van der Waals surface area contributed by atoms with Crippen LogP contribution in [0.5, 0.6) is 0 Å². The fourth-order valence-electron chi connectivity index (χ4n) is 2.76. The molecule has 0 radical (unpaired) electrons. The number of aromatic amines is 1. The molecule has 0 bridgehead atoms. The summed E-state index contributed by atoms with van der Waals surface area (Å²) in [5.74, 6) is 0.775. The molecular formula is C18H19ClN4. The molecular weight excluding hydrogens is 308 g/mol. The summed E-state index contributed by atoms with van der Waals surface area (Å²) in [5.41, 5.74) is 3.33. The van der Waals surface area contributed by atoms with Crippen LogP contribution in [0.4, 0.5) is 5.82 Å². The lowest BCUT2D eigenvalue weighted by Crippen LogP contribution is -2.20. The first-order valence-corrected chi connectivity index (χ1v) is 7.98. The summed E-state index contributed by atoms with van der Waals surface area (Å²) in [4.78, 5) is 11.7. The number of para-hydroxylation sites is 1. The van der Waals surface area contributed by atoms with Crippen LogP contribution >= 0.6 is 11.6 Å². The molecule has 1 aromatic carbocycles. The predicted octanol–water partition coefficient (Wildman–Crippen LogP) is 4.38. The molecule has 2 N–H and O–H groups in total. The van der Waals surface area contributed by atoms with Crippen molar-refractivity contribution in [1.29, 1.82) is 0 Å². The molecule has 0 aliphatic heterocycles. The maximum atomic E-state index is 6.17. The summed E-state index contributed by atoms with van der Waals surface area (Å²) < 4.78 is 0. The number of hydrogen-bond acceptors (Lipinski definition) is 3. The van der Waals surface area contributed by atoms with Crippen molar-refractivity contribution in [2.45, 2.75) is 25.8 Å². The second-order valence-corrected chi connectivity index (χ2v) is 5.95. The highest BCUT2D eigenvalue weighted by Gasteiger charge is 2.13. The van der Waals surface area contributed by atoms with Gasteiger partial charge >= 0.3 is 0 Å². The molecule has 0 amide bonds. The van der Waals surface area contributed by atoms with E-state index in [4.69, 9.17) is 11.6 Å². The van der Waals surface area contributed by atoms with Gasteiger partial charge in [0, 0.05) is 28.7 Å². The maximum Gasteiger partial charge on any atom is 0.138 e. The molecule has 4 nitrogen and oxygen atoms in total. The Morgan fingerprint density at radius 1 is 1.35 bits per heavy atom. The number of aromatic nitrogens is 3. The molecule has 1 unspecified atom stereocenters. The van der Waals surface area contributed by atoms with Crippen molar-refractivity contribution in [3.63, 3.8) is 0 Å². The third kappa shape index (κ3) is 3.37. The van der Waals surface area contributed by atoms with Crippen LogP contribution in [0.15, 0.2) is 49.4 Å². The fraction of sp³-hybridized carbons (Fsp3) is 0.222. The van der Waals surface area contributed by atoms with Crippen molar-refractivity contribution >= 4 is 28.3 Å². The molecule has 1 atom stereocenters. The topological polar surface area (TPSA) is 53.6 Å². The van der Waals surface area contributed by atoms with Gasteiger partial charge in [-0.15, -0.1) is 6.58 Å². The van der Waals surface area contributed by atoms with Gasteiger partial charge < -0.3 is 10.3 Å². The Kier molecular flexibility index (Phi) is 4.63. The van der Waals surface area contributed by atoms with Crippen LogP contribution in [0, 0.1) is 0 Å². The number of nitrogens with one attached hydrogen (secondary N) is 2. The number of H-pyrrole nitrogens is 1. The minimum absolute atomic E-state index is 0.212. The summed E-state index contributed by atoms with van der Waals surface area (Å²) in [6.07, 6.45) is 6.89. The van der Waals surface area contributed by atoms with Crippen molar-refractivity contribution < 1.29 is 0 Å².